The maximum Gasteiger partial charge on any atom is 0.356 e. The van der Waals surface area contributed by atoms with Crippen molar-refractivity contribution in [2.24, 2.45) is 0 Å². The second-order valence-corrected chi connectivity index (χ2v) is 8.74. The van der Waals surface area contributed by atoms with Crippen molar-refractivity contribution in [1.82, 2.24) is 14.9 Å². The number of carbonyl (C=O) groups excluding carboxylic acids is 2. The Balaban J connectivity index is 1.58. The van der Waals surface area contributed by atoms with E-state index in [0.29, 0.717) is 24.7 Å². The molecule has 7 nitrogen and oxygen atoms in total. The number of nitrogens with zero attached hydrogens (tertiary/aromatic N) is 3. The predicted molar refractivity (Wildman–Crippen MR) is 132 cm³/mol. The number of nitrogens with one attached hydrogen (secondary N) is 1. The molecule has 4 rings (SSSR count). The monoisotopic (exact) mass is 458 g/mol. The second-order valence-electron chi connectivity index (χ2n) is 8.74. The summed E-state index contributed by atoms with van der Waals surface area (Å²) in [4.78, 5) is 36.4. The lowest BCUT2D eigenvalue weighted by Gasteiger charge is -2.34. The van der Waals surface area contributed by atoms with E-state index in [2.05, 4.69) is 21.4 Å². The molecule has 3 aromatic rings. The van der Waals surface area contributed by atoms with E-state index in [1.54, 1.807) is 6.07 Å². The molecule has 176 valence electrons. The van der Waals surface area contributed by atoms with Crippen molar-refractivity contribution in [1.29, 1.82) is 0 Å². The summed E-state index contributed by atoms with van der Waals surface area (Å²) in [5, 5.41) is 3.33. The maximum atomic E-state index is 13.8. The first kappa shape index (κ1) is 23.4. The Labute approximate surface area is 200 Å². The zero-order valence-electron chi connectivity index (χ0n) is 20.1. The minimum absolute atomic E-state index is 0.0183. The molecule has 7 heteroatoms. The zero-order valence-corrected chi connectivity index (χ0v) is 20.1. The molecule has 0 spiro atoms. The molecule has 2 aromatic carbocycles. The smallest absolute Gasteiger partial charge is 0.356 e. The summed E-state index contributed by atoms with van der Waals surface area (Å²) in [6, 6.07) is 15.7. The summed E-state index contributed by atoms with van der Waals surface area (Å²) in [5.74, 6) is -0.0965. The Hall–Kier alpha value is -3.74. The summed E-state index contributed by atoms with van der Waals surface area (Å²) in [5.41, 5.74) is 5.72. The molecule has 1 N–H and O–H groups in total. The van der Waals surface area contributed by atoms with Gasteiger partial charge >= 0.3 is 5.97 Å². The summed E-state index contributed by atoms with van der Waals surface area (Å²) < 4.78 is 4.79. The van der Waals surface area contributed by atoms with E-state index in [1.807, 2.05) is 62.1 Å². The molecule has 1 atom stereocenters. The van der Waals surface area contributed by atoms with Crippen molar-refractivity contribution in [2.45, 2.75) is 39.7 Å². The number of amides is 1. The van der Waals surface area contributed by atoms with Crippen LogP contribution >= 0.6 is 0 Å². The highest BCUT2D eigenvalue weighted by Crippen LogP contribution is 2.30. The van der Waals surface area contributed by atoms with Crippen LogP contribution in [0.15, 0.2) is 48.5 Å². The number of anilines is 1. The molecule has 0 unspecified atom stereocenters. The van der Waals surface area contributed by atoms with E-state index in [0.717, 1.165) is 40.7 Å². The van der Waals surface area contributed by atoms with Crippen LogP contribution in [-0.4, -0.2) is 53.0 Å². The van der Waals surface area contributed by atoms with E-state index in [1.165, 1.54) is 7.11 Å². The summed E-state index contributed by atoms with van der Waals surface area (Å²) >= 11 is 0. The molecule has 34 heavy (non-hydrogen) atoms. The quantitative estimate of drug-likeness (QED) is 0.564. The van der Waals surface area contributed by atoms with Crippen LogP contribution in [0.25, 0.3) is 11.1 Å². The number of aryl methyl sites for hydroxylation is 2. The van der Waals surface area contributed by atoms with Gasteiger partial charge in [-0.15, -0.1) is 0 Å². The first-order valence-corrected chi connectivity index (χ1v) is 11.5. The first-order chi connectivity index (χ1) is 16.4. The number of aromatic nitrogens is 2. The highest BCUT2D eigenvalue weighted by atomic mass is 16.5. The molecule has 1 saturated heterocycles. The van der Waals surface area contributed by atoms with Gasteiger partial charge < -0.3 is 15.0 Å². The van der Waals surface area contributed by atoms with Gasteiger partial charge in [-0.05, 0) is 61.9 Å². The number of piperidine rings is 1. The summed E-state index contributed by atoms with van der Waals surface area (Å²) in [6.07, 6.45) is 1.75. The van der Waals surface area contributed by atoms with E-state index in [4.69, 9.17) is 4.74 Å². The first-order valence-electron chi connectivity index (χ1n) is 11.5. The number of hydrogen-bond donors (Lipinski definition) is 1. The molecule has 0 saturated carbocycles. The Morgan fingerprint density at radius 1 is 1.06 bits per heavy atom. The van der Waals surface area contributed by atoms with Gasteiger partial charge in [0.25, 0.3) is 5.91 Å². The number of carbonyl (C=O) groups is 2. The minimum atomic E-state index is -0.502. The van der Waals surface area contributed by atoms with Crippen molar-refractivity contribution in [2.75, 3.05) is 25.5 Å². The molecule has 0 bridgehead atoms. The van der Waals surface area contributed by atoms with E-state index in [9.17, 15) is 9.59 Å². The van der Waals surface area contributed by atoms with E-state index in [-0.39, 0.29) is 17.6 Å². The lowest BCUT2D eigenvalue weighted by Crippen LogP contribution is -2.45. The van der Waals surface area contributed by atoms with Crippen LogP contribution in [0, 0.1) is 20.8 Å². The predicted octanol–water partition coefficient (Wildman–Crippen LogP) is 4.57. The lowest BCUT2D eigenvalue weighted by atomic mass is 9.91. The van der Waals surface area contributed by atoms with Crippen LogP contribution in [0.2, 0.25) is 0 Å². The largest absolute Gasteiger partial charge is 0.464 e. The van der Waals surface area contributed by atoms with Gasteiger partial charge in [0.15, 0.2) is 5.69 Å². The van der Waals surface area contributed by atoms with Crippen LogP contribution in [0.1, 0.15) is 50.5 Å². The molecule has 1 amide bonds. The number of ether oxygens (including phenoxy) is 1. The third-order valence-corrected chi connectivity index (χ3v) is 6.33. The normalized spacial score (nSPS) is 15.6. The number of benzene rings is 2. The maximum absolute atomic E-state index is 13.8. The van der Waals surface area contributed by atoms with Crippen LogP contribution in [0.4, 0.5) is 5.95 Å². The molecular weight excluding hydrogens is 428 g/mol. The number of methoxy groups -OCH3 is 1. The van der Waals surface area contributed by atoms with Crippen LogP contribution in [0.3, 0.4) is 0 Å². The molecular formula is C27H30N4O3. The van der Waals surface area contributed by atoms with E-state index >= 15 is 0 Å². The van der Waals surface area contributed by atoms with Gasteiger partial charge in [-0.3, -0.25) is 4.79 Å². The van der Waals surface area contributed by atoms with Crippen LogP contribution < -0.4 is 5.32 Å². The molecule has 1 aliphatic rings. The zero-order chi connectivity index (χ0) is 24.2. The second kappa shape index (κ2) is 10.0. The number of hydrogen-bond acceptors (Lipinski definition) is 6. The molecule has 0 aliphatic carbocycles. The Morgan fingerprint density at radius 2 is 1.82 bits per heavy atom. The summed E-state index contributed by atoms with van der Waals surface area (Å²) in [7, 11) is 1.33. The van der Waals surface area contributed by atoms with Crippen molar-refractivity contribution in [3.05, 3.63) is 76.6 Å². The fourth-order valence-electron chi connectivity index (χ4n) is 4.41. The third-order valence-electron chi connectivity index (χ3n) is 6.33. The van der Waals surface area contributed by atoms with Gasteiger partial charge in [0.1, 0.15) is 0 Å². The highest BCUT2D eigenvalue weighted by Gasteiger charge is 2.28. The fourth-order valence-corrected chi connectivity index (χ4v) is 4.41. The van der Waals surface area contributed by atoms with Crippen molar-refractivity contribution >= 4 is 17.8 Å². The SMILES string of the molecule is COC(=O)c1cc(C)nc(N[C@@H]2CCCN(C(=O)c3c(-c4ccccc4)ccc(C)c3C)C2)n1. The third kappa shape index (κ3) is 4.93. The fraction of sp³-hybridized carbons (Fsp3) is 0.333. The van der Waals surface area contributed by atoms with Crippen molar-refractivity contribution in [3.63, 3.8) is 0 Å². The standard InChI is InChI=1S/C27H30N4O3/c1-17-12-13-22(20-9-6-5-7-10-20)24(19(17)3)25(32)31-14-8-11-21(16-31)29-27-28-18(2)15-23(30-27)26(33)34-4/h5-7,9-10,12-13,15,21H,8,11,14,16H2,1-4H3,(H,28,29,30)/t21-/m1/s1. The Bertz CT molecular complexity index is 1210. The van der Waals surface area contributed by atoms with Gasteiger partial charge in [-0.25, -0.2) is 14.8 Å². The average molecular weight is 459 g/mol. The highest BCUT2D eigenvalue weighted by molar-refractivity contribution is 6.02. The molecule has 1 aromatic heterocycles. The number of esters is 1. The van der Waals surface area contributed by atoms with Crippen molar-refractivity contribution in [3.8, 4) is 11.1 Å². The number of likely N-dealkylation sites (tertiary alicyclic amines) is 1. The Kier molecular flexibility index (Phi) is 6.91. The topological polar surface area (TPSA) is 84.4 Å². The van der Waals surface area contributed by atoms with Gasteiger partial charge in [0.2, 0.25) is 5.95 Å². The lowest BCUT2D eigenvalue weighted by molar-refractivity contribution is 0.0593. The molecule has 2 heterocycles. The average Bonchev–Trinajstić information content (AvgIpc) is 2.85. The van der Waals surface area contributed by atoms with Gasteiger partial charge in [0.05, 0.1) is 12.7 Å². The van der Waals surface area contributed by atoms with E-state index < -0.39 is 5.97 Å². The molecule has 1 aliphatic heterocycles. The number of rotatable bonds is 5. The summed E-state index contributed by atoms with van der Waals surface area (Å²) in [6.45, 7) is 7.09. The van der Waals surface area contributed by atoms with Gasteiger partial charge in [-0.2, -0.15) is 0 Å². The van der Waals surface area contributed by atoms with Crippen LogP contribution in [-0.2, 0) is 4.74 Å². The van der Waals surface area contributed by atoms with Crippen LogP contribution in [0.5, 0.6) is 0 Å². The van der Waals surface area contributed by atoms with Gasteiger partial charge in [-0.1, -0.05) is 42.5 Å². The molecule has 0 radical (unpaired) electrons. The molecule has 1 fully saturated rings. The van der Waals surface area contributed by atoms with Gasteiger partial charge in [0, 0.05) is 24.8 Å². The Morgan fingerprint density at radius 3 is 2.56 bits per heavy atom. The van der Waals surface area contributed by atoms with Crippen molar-refractivity contribution < 1.29 is 14.3 Å². The minimum Gasteiger partial charge on any atom is -0.464 e.